The van der Waals surface area contributed by atoms with Gasteiger partial charge >= 0.3 is 0 Å². The van der Waals surface area contributed by atoms with Crippen LogP contribution in [-0.4, -0.2) is 69.4 Å². The van der Waals surface area contributed by atoms with Gasteiger partial charge in [0.05, 0.1) is 51.2 Å². The molecule has 1 saturated heterocycles. The number of methoxy groups -OCH3 is 3. The van der Waals surface area contributed by atoms with Crippen molar-refractivity contribution in [2.45, 2.75) is 19.6 Å². The van der Waals surface area contributed by atoms with Gasteiger partial charge < -0.3 is 28.3 Å². The van der Waals surface area contributed by atoms with Gasteiger partial charge in [-0.25, -0.2) is 0 Å². The molecule has 0 saturated carbocycles. The minimum atomic E-state index is -0.185. The van der Waals surface area contributed by atoms with E-state index in [9.17, 15) is 9.59 Å². The highest BCUT2D eigenvalue weighted by molar-refractivity contribution is 6.27. The average Bonchev–Trinajstić information content (AvgIpc) is 3.32. The highest BCUT2D eigenvalue weighted by Crippen LogP contribution is 2.46. The summed E-state index contributed by atoms with van der Waals surface area (Å²) in [7, 11) is 4.64. The first-order valence-corrected chi connectivity index (χ1v) is 14.1. The van der Waals surface area contributed by atoms with Gasteiger partial charge in [-0.05, 0) is 36.2 Å². The number of carbonyl (C=O) groups excluding carboxylic acids is 1. The van der Waals surface area contributed by atoms with Gasteiger partial charge in [-0.3, -0.25) is 14.5 Å². The quantitative estimate of drug-likeness (QED) is 0.242. The molecular formula is C33H34N2O7. The molecule has 1 aliphatic heterocycles. The number of fused-ring (bicyclic) bond motifs is 5. The number of aromatic nitrogens is 1. The van der Waals surface area contributed by atoms with Crippen molar-refractivity contribution in [2.75, 3.05) is 54.2 Å². The molecule has 0 spiro atoms. The van der Waals surface area contributed by atoms with Crippen LogP contribution in [-0.2, 0) is 17.9 Å². The van der Waals surface area contributed by atoms with Crippen LogP contribution in [0.3, 0.4) is 0 Å². The summed E-state index contributed by atoms with van der Waals surface area (Å²) in [6.45, 7) is 4.75. The van der Waals surface area contributed by atoms with Crippen molar-refractivity contribution >= 4 is 16.6 Å². The van der Waals surface area contributed by atoms with Crippen molar-refractivity contribution in [1.29, 1.82) is 0 Å². The number of nitrogens with zero attached hydrogens (tertiary/aromatic N) is 2. The van der Waals surface area contributed by atoms with Crippen molar-refractivity contribution in [3.05, 3.63) is 81.6 Å². The summed E-state index contributed by atoms with van der Waals surface area (Å²) in [4.78, 5) is 30.6. The monoisotopic (exact) mass is 570 g/mol. The molecule has 2 aliphatic rings. The fraction of sp³-hybridized carbons (Fsp3) is 0.333. The summed E-state index contributed by atoms with van der Waals surface area (Å²) in [5.74, 6) is 1.66. The third-order valence-corrected chi connectivity index (χ3v) is 8.00. The smallest absolute Gasteiger partial charge is 0.259 e. The largest absolute Gasteiger partial charge is 0.493 e. The van der Waals surface area contributed by atoms with Crippen LogP contribution in [0.15, 0.2) is 59.4 Å². The third-order valence-electron chi connectivity index (χ3n) is 8.00. The Morgan fingerprint density at radius 3 is 2.10 bits per heavy atom. The van der Waals surface area contributed by atoms with Crippen molar-refractivity contribution in [3.63, 3.8) is 0 Å². The van der Waals surface area contributed by atoms with Gasteiger partial charge in [0.1, 0.15) is 6.61 Å². The van der Waals surface area contributed by atoms with E-state index in [1.807, 2.05) is 36.4 Å². The van der Waals surface area contributed by atoms with Crippen molar-refractivity contribution in [1.82, 2.24) is 9.47 Å². The van der Waals surface area contributed by atoms with E-state index in [-0.39, 0.29) is 11.3 Å². The fourth-order valence-electron chi connectivity index (χ4n) is 5.86. The zero-order chi connectivity index (χ0) is 29.2. The summed E-state index contributed by atoms with van der Waals surface area (Å²) in [5.41, 5.74) is 2.99. The predicted molar refractivity (Wildman–Crippen MR) is 159 cm³/mol. The lowest BCUT2D eigenvalue weighted by Gasteiger charge is -2.26. The second-order valence-corrected chi connectivity index (χ2v) is 10.4. The molecule has 0 N–H and O–H groups in total. The summed E-state index contributed by atoms with van der Waals surface area (Å²) in [6.07, 6.45) is 0.740. The van der Waals surface area contributed by atoms with Crippen LogP contribution >= 0.6 is 0 Å². The van der Waals surface area contributed by atoms with Crippen LogP contribution in [0.4, 0.5) is 0 Å². The van der Waals surface area contributed by atoms with Gasteiger partial charge in [-0.1, -0.05) is 30.3 Å². The first kappa shape index (κ1) is 27.8. The molecule has 0 radical (unpaired) electrons. The van der Waals surface area contributed by atoms with Crippen LogP contribution in [0.5, 0.6) is 23.0 Å². The zero-order valence-corrected chi connectivity index (χ0v) is 24.1. The van der Waals surface area contributed by atoms with Crippen molar-refractivity contribution in [2.24, 2.45) is 0 Å². The average molecular weight is 571 g/mol. The van der Waals surface area contributed by atoms with Gasteiger partial charge in [0, 0.05) is 42.7 Å². The van der Waals surface area contributed by atoms with Gasteiger partial charge in [0.25, 0.3) is 5.56 Å². The SMILES string of the molecule is COc1cc2c3c(n(CCCN4CCOCC4)c(=O)c2cc1OC)-c1cc(OC)c(OCc2ccccc2)cc1C3=O. The predicted octanol–water partition coefficient (Wildman–Crippen LogP) is 4.54. The number of pyridine rings is 1. The molecule has 4 aromatic rings. The highest BCUT2D eigenvalue weighted by Gasteiger charge is 2.35. The minimum absolute atomic E-state index is 0.175. The third kappa shape index (κ3) is 4.99. The molecule has 1 aliphatic carbocycles. The summed E-state index contributed by atoms with van der Waals surface area (Å²) in [6, 6.07) is 16.7. The Balaban J connectivity index is 1.47. The van der Waals surface area contributed by atoms with E-state index < -0.39 is 0 Å². The number of benzene rings is 3. The summed E-state index contributed by atoms with van der Waals surface area (Å²) < 4.78 is 30.1. The molecule has 0 unspecified atom stereocenters. The molecule has 218 valence electrons. The second-order valence-electron chi connectivity index (χ2n) is 10.4. The summed E-state index contributed by atoms with van der Waals surface area (Å²) in [5, 5.41) is 0.940. The van der Waals surface area contributed by atoms with E-state index in [4.69, 9.17) is 23.7 Å². The van der Waals surface area contributed by atoms with Gasteiger partial charge in [0.2, 0.25) is 0 Å². The van der Waals surface area contributed by atoms with Gasteiger partial charge in [0.15, 0.2) is 28.8 Å². The number of ketones is 1. The molecule has 9 nitrogen and oxygen atoms in total. The maximum atomic E-state index is 14.2. The first-order chi connectivity index (χ1) is 20.5. The summed E-state index contributed by atoms with van der Waals surface area (Å²) >= 11 is 0. The molecule has 1 aromatic heterocycles. The lowest BCUT2D eigenvalue weighted by atomic mass is 10.0. The lowest BCUT2D eigenvalue weighted by molar-refractivity contribution is 0.0369. The Labute approximate surface area is 244 Å². The van der Waals surface area contributed by atoms with E-state index in [0.717, 1.165) is 31.6 Å². The van der Waals surface area contributed by atoms with E-state index in [0.29, 0.717) is 82.5 Å². The molecule has 3 aromatic carbocycles. The highest BCUT2D eigenvalue weighted by atomic mass is 16.5. The Morgan fingerprint density at radius 2 is 1.40 bits per heavy atom. The fourth-order valence-corrected chi connectivity index (χ4v) is 5.86. The minimum Gasteiger partial charge on any atom is -0.493 e. The number of ether oxygens (including phenoxy) is 5. The Morgan fingerprint density at radius 1 is 0.762 bits per heavy atom. The Kier molecular flexibility index (Phi) is 7.86. The molecule has 6 rings (SSSR count). The van der Waals surface area contributed by atoms with Crippen LogP contribution in [0.1, 0.15) is 27.9 Å². The van der Waals surface area contributed by atoms with Crippen LogP contribution in [0.2, 0.25) is 0 Å². The molecule has 0 amide bonds. The topological polar surface area (TPSA) is 88.5 Å². The Hall–Kier alpha value is -4.34. The molecule has 42 heavy (non-hydrogen) atoms. The maximum absolute atomic E-state index is 14.2. The van der Waals surface area contributed by atoms with Crippen LogP contribution < -0.4 is 24.5 Å². The van der Waals surface area contributed by atoms with Crippen molar-refractivity contribution in [3.8, 4) is 34.3 Å². The van der Waals surface area contributed by atoms with E-state index in [1.165, 1.54) is 14.2 Å². The Bertz CT molecular complexity index is 1690. The second kappa shape index (κ2) is 11.9. The number of rotatable bonds is 10. The molecular weight excluding hydrogens is 536 g/mol. The number of hydrogen-bond acceptors (Lipinski definition) is 8. The van der Waals surface area contributed by atoms with Crippen LogP contribution in [0.25, 0.3) is 22.0 Å². The van der Waals surface area contributed by atoms with Gasteiger partial charge in [-0.15, -0.1) is 0 Å². The maximum Gasteiger partial charge on any atom is 0.259 e. The zero-order valence-electron chi connectivity index (χ0n) is 24.1. The standard InChI is InChI=1S/C33H34N2O7/c1-38-26-16-22-25(19-27(26)39-2)33(37)35(11-7-10-34-12-14-41-15-13-34)31-23-17-28(40-3)29(18-24(23)32(36)30(22)31)42-20-21-8-5-4-6-9-21/h4-6,8-9,16-19H,7,10-15,20H2,1-3H3. The molecule has 1 fully saturated rings. The first-order valence-electron chi connectivity index (χ1n) is 14.1. The van der Waals surface area contributed by atoms with E-state index in [1.54, 1.807) is 29.9 Å². The number of hydrogen-bond donors (Lipinski definition) is 0. The van der Waals surface area contributed by atoms with Crippen molar-refractivity contribution < 1.29 is 28.5 Å². The van der Waals surface area contributed by atoms with Gasteiger partial charge in [-0.2, -0.15) is 0 Å². The van der Waals surface area contributed by atoms with E-state index in [2.05, 4.69) is 4.90 Å². The molecule has 2 heterocycles. The molecule has 0 bridgehead atoms. The normalized spacial score (nSPS) is 14.5. The van der Waals surface area contributed by atoms with Crippen LogP contribution in [0, 0.1) is 0 Å². The number of morpholine rings is 1. The number of carbonyl (C=O) groups is 1. The lowest BCUT2D eigenvalue weighted by Crippen LogP contribution is -2.37. The van der Waals surface area contributed by atoms with E-state index >= 15 is 0 Å². The molecule has 9 heteroatoms. The molecule has 0 atom stereocenters.